The second kappa shape index (κ2) is 4.37. The molecular weight excluding hydrogens is 188 g/mol. The lowest BCUT2D eigenvalue weighted by atomic mass is 10.0. The third-order valence-corrected chi connectivity index (χ3v) is 2.01. The molecule has 1 aromatic carbocycles. The molecule has 0 aliphatic carbocycles. The van der Waals surface area contributed by atoms with Crippen molar-refractivity contribution in [2.24, 2.45) is 5.73 Å². The molecule has 1 unspecified atom stereocenters. The smallest absolute Gasteiger partial charge is 0.267 e. The van der Waals surface area contributed by atoms with Crippen LogP contribution in [0.4, 0.5) is 8.78 Å². The molecule has 0 saturated heterocycles. The number of hydrogen-bond donors (Lipinski definition) is 1. The Hall–Kier alpha value is -1.16. The van der Waals surface area contributed by atoms with Crippen molar-refractivity contribution >= 4 is 0 Å². The molecular formula is C10H13F2NO. The van der Waals surface area contributed by atoms with Gasteiger partial charge in [0.15, 0.2) is 0 Å². The number of hydrogen-bond acceptors (Lipinski definition) is 2. The molecule has 0 bridgehead atoms. The molecule has 0 amide bonds. The summed E-state index contributed by atoms with van der Waals surface area (Å²) in [5, 5.41) is 0. The molecule has 14 heavy (non-hydrogen) atoms. The van der Waals surface area contributed by atoms with E-state index in [-0.39, 0.29) is 17.4 Å². The zero-order valence-corrected chi connectivity index (χ0v) is 8.13. The van der Waals surface area contributed by atoms with Gasteiger partial charge in [-0.25, -0.2) is 8.78 Å². The highest BCUT2D eigenvalue weighted by molar-refractivity contribution is 5.43. The zero-order valence-electron chi connectivity index (χ0n) is 8.13. The van der Waals surface area contributed by atoms with Gasteiger partial charge in [-0.05, 0) is 13.0 Å². The van der Waals surface area contributed by atoms with Crippen molar-refractivity contribution in [2.75, 3.05) is 7.11 Å². The number of alkyl halides is 2. The van der Waals surface area contributed by atoms with Crippen molar-refractivity contribution < 1.29 is 13.5 Å². The highest BCUT2D eigenvalue weighted by atomic mass is 19.3. The highest BCUT2D eigenvalue weighted by Crippen LogP contribution is 2.34. The SMILES string of the molecule is COc1c(C(C)N)cccc1C(F)F. The normalized spacial score (nSPS) is 13.0. The lowest BCUT2D eigenvalue weighted by molar-refractivity contribution is 0.146. The molecule has 4 heteroatoms. The van der Waals surface area contributed by atoms with E-state index in [9.17, 15) is 8.78 Å². The van der Waals surface area contributed by atoms with E-state index in [0.29, 0.717) is 5.56 Å². The summed E-state index contributed by atoms with van der Waals surface area (Å²) in [7, 11) is 1.37. The van der Waals surface area contributed by atoms with Crippen LogP contribution in [0, 0.1) is 0 Å². The van der Waals surface area contributed by atoms with Gasteiger partial charge in [0.1, 0.15) is 5.75 Å². The number of halogens is 2. The molecule has 78 valence electrons. The maximum absolute atomic E-state index is 12.5. The number of rotatable bonds is 3. The number of methoxy groups -OCH3 is 1. The van der Waals surface area contributed by atoms with E-state index in [1.807, 2.05) is 0 Å². The number of ether oxygens (including phenoxy) is 1. The van der Waals surface area contributed by atoms with Gasteiger partial charge in [0.05, 0.1) is 12.7 Å². The summed E-state index contributed by atoms with van der Waals surface area (Å²) < 4.78 is 30.0. The fraction of sp³-hybridized carbons (Fsp3) is 0.400. The third kappa shape index (κ3) is 2.01. The Bertz CT molecular complexity index is 287. The first-order chi connectivity index (χ1) is 6.57. The van der Waals surface area contributed by atoms with Gasteiger partial charge in [-0.2, -0.15) is 0 Å². The van der Waals surface area contributed by atoms with E-state index in [4.69, 9.17) is 10.5 Å². The molecule has 0 heterocycles. The summed E-state index contributed by atoms with van der Waals surface area (Å²) in [6, 6.07) is 4.27. The van der Waals surface area contributed by atoms with Crippen molar-refractivity contribution in [3.63, 3.8) is 0 Å². The quantitative estimate of drug-likeness (QED) is 0.815. The number of nitrogens with two attached hydrogens (primary N) is 1. The summed E-state index contributed by atoms with van der Waals surface area (Å²) in [6.07, 6.45) is -2.54. The third-order valence-electron chi connectivity index (χ3n) is 2.01. The van der Waals surface area contributed by atoms with Gasteiger partial charge in [0.25, 0.3) is 6.43 Å². The van der Waals surface area contributed by atoms with Crippen LogP contribution < -0.4 is 10.5 Å². The van der Waals surface area contributed by atoms with Gasteiger partial charge in [-0.1, -0.05) is 12.1 Å². The fourth-order valence-electron chi connectivity index (χ4n) is 1.34. The van der Waals surface area contributed by atoms with Gasteiger partial charge in [-0.15, -0.1) is 0 Å². The minimum Gasteiger partial charge on any atom is -0.496 e. The Morgan fingerprint density at radius 1 is 1.29 bits per heavy atom. The minimum atomic E-state index is -2.54. The number of para-hydroxylation sites is 1. The van der Waals surface area contributed by atoms with Crippen LogP contribution in [0.3, 0.4) is 0 Å². The van der Waals surface area contributed by atoms with Gasteiger partial charge in [-0.3, -0.25) is 0 Å². The van der Waals surface area contributed by atoms with Crippen LogP contribution in [-0.4, -0.2) is 7.11 Å². The predicted molar refractivity (Wildman–Crippen MR) is 50.6 cm³/mol. The molecule has 0 aliphatic heterocycles. The first-order valence-corrected chi connectivity index (χ1v) is 4.28. The second-order valence-electron chi connectivity index (χ2n) is 3.06. The van der Waals surface area contributed by atoms with Gasteiger partial charge >= 0.3 is 0 Å². The lowest BCUT2D eigenvalue weighted by Crippen LogP contribution is -2.08. The molecule has 0 aliphatic rings. The predicted octanol–water partition coefficient (Wildman–Crippen LogP) is 2.65. The molecule has 0 spiro atoms. The molecule has 0 radical (unpaired) electrons. The molecule has 0 saturated carbocycles. The Morgan fingerprint density at radius 2 is 1.86 bits per heavy atom. The standard InChI is InChI=1S/C10H13F2NO/c1-6(13)7-4-3-5-8(10(11)12)9(7)14-2/h3-6,10H,13H2,1-2H3. The Labute approximate surface area is 81.7 Å². The van der Waals surface area contributed by atoms with Gasteiger partial charge in [0.2, 0.25) is 0 Å². The average Bonchev–Trinajstić information content (AvgIpc) is 2.16. The van der Waals surface area contributed by atoms with E-state index in [0.717, 1.165) is 0 Å². The summed E-state index contributed by atoms with van der Waals surface area (Å²) in [6.45, 7) is 1.73. The van der Waals surface area contributed by atoms with Crippen molar-refractivity contribution in [3.8, 4) is 5.75 Å². The summed E-state index contributed by atoms with van der Waals surface area (Å²) in [5.74, 6) is 0.192. The summed E-state index contributed by atoms with van der Waals surface area (Å²) >= 11 is 0. The average molecular weight is 201 g/mol. The molecule has 2 nitrogen and oxygen atoms in total. The number of benzene rings is 1. The van der Waals surface area contributed by atoms with Crippen LogP contribution in [0.2, 0.25) is 0 Å². The highest BCUT2D eigenvalue weighted by Gasteiger charge is 2.18. The maximum Gasteiger partial charge on any atom is 0.267 e. The second-order valence-corrected chi connectivity index (χ2v) is 3.06. The van der Waals surface area contributed by atoms with Crippen LogP contribution in [0.1, 0.15) is 30.5 Å². The fourth-order valence-corrected chi connectivity index (χ4v) is 1.34. The summed E-state index contributed by atoms with van der Waals surface area (Å²) in [5.41, 5.74) is 6.13. The summed E-state index contributed by atoms with van der Waals surface area (Å²) in [4.78, 5) is 0. The molecule has 1 rings (SSSR count). The van der Waals surface area contributed by atoms with Crippen molar-refractivity contribution in [2.45, 2.75) is 19.4 Å². The minimum absolute atomic E-state index is 0.109. The Kier molecular flexibility index (Phi) is 3.41. The first kappa shape index (κ1) is 10.9. The van der Waals surface area contributed by atoms with Crippen molar-refractivity contribution in [1.29, 1.82) is 0 Å². The van der Waals surface area contributed by atoms with E-state index < -0.39 is 6.43 Å². The van der Waals surface area contributed by atoms with Crippen LogP contribution in [0.5, 0.6) is 5.75 Å². The van der Waals surface area contributed by atoms with Crippen LogP contribution >= 0.6 is 0 Å². The van der Waals surface area contributed by atoms with E-state index >= 15 is 0 Å². The topological polar surface area (TPSA) is 35.2 Å². The van der Waals surface area contributed by atoms with E-state index in [1.54, 1.807) is 19.1 Å². The van der Waals surface area contributed by atoms with E-state index in [2.05, 4.69) is 0 Å². The van der Waals surface area contributed by atoms with Crippen LogP contribution in [-0.2, 0) is 0 Å². The molecule has 1 aromatic rings. The van der Waals surface area contributed by atoms with Crippen molar-refractivity contribution in [1.82, 2.24) is 0 Å². The monoisotopic (exact) mass is 201 g/mol. The molecule has 0 aromatic heterocycles. The maximum atomic E-state index is 12.5. The largest absolute Gasteiger partial charge is 0.496 e. The Balaban J connectivity index is 3.25. The molecule has 0 fully saturated rings. The van der Waals surface area contributed by atoms with Gasteiger partial charge < -0.3 is 10.5 Å². The first-order valence-electron chi connectivity index (χ1n) is 4.28. The molecule has 1 atom stereocenters. The van der Waals surface area contributed by atoms with Crippen molar-refractivity contribution in [3.05, 3.63) is 29.3 Å². The zero-order chi connectivity index (χ0) is 10.7. The molecule has 2 N–H and O–H groups in total. The van der Waals surface area contributed by atoms with Gasteiger partial charge in [0, 0.05) is 11.6 Å². The van der Waals surface area contributed by atoms with Crippen LogP contribution in [0.25, 0.3) is 0 Å². The van der Waals surface area contributed by atoms with Crippen LogP contribution in [0.15, 0.2) is 18.2 Å². The van der Waals surface area contributed by atoms with E-state index in [1.165, 1.54) is 13.2 Å². The lowest BCUT2D eigenvalue weighted by Gasteiger charge is -2.15. The Morgan fingerprint density at radius 3 is 2.29 bits per heavy atom.